The van der Waals surface area contributed by atoms with Crippen molar-refractivity contribution in [3.05, 3.63) is 0 Å². The van der Waals surface area contributed by atoms with Gasteiger partial charge in [-0.05, 0) is 50.9 Å². The van der Waals surface area contributed by atoms with Gasteiger partial charge in [-0.15, -0.1) is 0 Å². The molecule has 0 saturated carbocycles. The molecule has 0 radical (unpaired) electrons. The molecule has 0 fully saturated rings. The van der Waals surface area contributed by atoms with E-state index in [1.807, 2.05) is 46.3 Å². The zero-order chi connectivity index (χ0) is 49.8. The Bertz CT molecular complexity index is 1420. The van der Waals surface area contributed by atoms with Crippen LogP contribution in [0.5, 0.6) is 0 Å². The van der Waals surface area contributed by atoms with E-state index in [0.29, 0.717) is 50.0 Å². The molecule has 0 aliphatic carbocycles. The molecule has 0 rings (SSSR count). The second-order valence-corrected chi connectivity index (χ2v) is 16.8. The Morgan fingerprint density at radius 3 is 0.984 bits per heavy atom. The summed E-state index contributed by atoms with van der Waals surface area (Å²) in [7, 11) is 0.368. The largest absolute Gasteiger partial charge is 0.467 e. The molecular weight excluding hydrogens is 845 g/mol. The standard InChI is InChI=1S/C9H17NO3.C8H16N2O4S.2C8H15NO3.C8H17NO.CH4/c1-6(2)5-8(9(12)13-4)10-7(3)11;1-4-5-7(9-6(2)11)8(12)10-15(3,13)14;2*1-4-5-7(8(11)12-3)9-6(2)10;1-6(2)5-7(3)9-8(4)10;/h6,8H,5H2,1-4H3,(H,10,11);7H,4-5H2,1-3H3,(H,9,11)(H,10,12);2*7H,4-5H2,1-3H3,(H,9,10);6-7H,5H2,1-4H3,(H,9,10);1H4/t8-;4*7-;/m00001./s1. The van der Waals surface area contributed by atoms with Gasteiger partial charge in [-0.2, -0.15) is 0 Å². The van der Waals surface area contributed by atoms with Gasteiger partial charge in [0.05, 0.1) is 27.6 Å². The highest BCUT2D eigenvalue weighted by Gasteiger charge is 2.22. The number of ether oxygens (including phenoxy) is 3. The van der Waals surface area contributed by atoms with Crippen LogP contribution in [0.1, 0.15) is 149 Å². The van der Waals surface area contributed by atoms with Crippen LogP contribution in [0.25, 0.3) is 0 Å². The van der Waals surface area contributed by atoms with Crippen molar-refractivity contribution in [2.75, 3.05) is 27.6 Å². The zero-order valence-electron chi connectivity index (χ0n) is 40.3. The van der Waals surface area contributed by atoms with Crippen LogP contribution in [0.4, 0.5) is 0 Å². The molecule has 0 aromatic heterocycles. The highest BCUT2D eigenvalue weighted by molar-refractivity contribution is 7.89. The van der Waals surface area contributed by atoms with Crippen LogP contribution in [0, 0.1) is 11.8 Å². The first-order valence-electron chi connectivity index (χ1n) is 20.6. The Kier molecular flexibility index (Phi) is 45.7. The van der Waals surface area contributed by atoms with Gasteiger partial charge in [0.1, 0.15) is 24.2 Å². The summed E-state index contributed by atoms with van der Waals surface area (Å²) in [5, 5.41) is 12.8. The van der Waals surface area contributed by atoms with Gasteiger partial charge in [-0.3, -0.25) is 33.5 Å². The fourth-order valence-corrected chi connectivity index (χ4v) is 5.60. The minimum absolute atomic E-state index is 0. The number of sulfonamides is 1. The van der Waals surface area contributed by atoms with Crippen molar-refractivity contribution in [3.63, 3.8) is 0 Å². The van der Waals surface area contributed by atoms with Crippen molar-refractivity contribution in [3.8, 4) is 0 Å². The predicted octanol–water partition coefficient (Wildman–Crippen LogP) is 3.20. The molecule has 6 amide bonds. The summed E-state index contributed by atoms with van der Waals surface area (Å²) in [5.41, 5.74) is 0. The molecule has 5 atom stereocenters. The maximum absolute atomic E-state index is 11.4. The van der Waals surface area contributed by atoms with Gasteiger partial charge in [0.15, 0.2) is 0 Å². The molecular formula is C42H84N6O14S. The first-order chi connectivity index (χ1) is 28.5. The molecule has 0 aliphatic heterocycles. The maximum atomic E-state index is 11.4. The maximum Gasteiger partial charge on any atom is 0.328 e. The molecule has 0 saturated heterocycles. The first kappa shape index (κ1) is 69.9. The van der Waals surface area contributed by atoms with Crippen molar-refractivity contribution in [2.45, 2.75) is 179 Å². The minimum Gasteiger partial charge on any atom is -0.467 e. The molecule has 21 heteroatoms. The third-order valence-electron chi connectivity index (χ3n) is 7.28. The first-order valence-corrected chi connectivity index (χ1v) is 22.5. The van der Waals surface area contributed by atoms with Gasteiger partial charge >= 0.3 is 17.9 Å². The summed E-state index contributed by atoms with van der Waals surface area (Å²) < 4.78 is 37.0. The normalized spacial score (nSPS) is 12.3. The van der Waals surface area contributed by atoms with Crippen LogP contribution in [0.3, 0.4) is 0 Å². The van der Waals surface area contributed by atoms with E-state index in [0.717, 1.165) is 25.5 Å². The predicted molar refractivity (Wildman–Crippen MR) is 243 cm³/mol. The molecule has 0 aliphatic rings. The van der Waals surface area contributed by atoms with Gasteiger partial charge in [0, 0.05) is 40.7 Å². The SMILES string of the molecule is C.CC(=O)N[C@H](C)CC(C)C.CCC[C@H](NC(C)=O)C(=O)NS(C)(=O)=O.CCC[C@H](NC(C)=O)C(=O)OC.CCC[C@H](NC(C)=O)C(=O)OC.COC(=O)[C@H](CC(C)C)NC(C)=O. The lowest BCUT2D eigenvalue weighted by atomic mass is 10.0. The Hall–Kier alpha value is -4.82. The van der Waals surface area contributed by atoms with Crippen LogP contribution in [0.2, 0.25) is 0 Å². The van der Waals surface area contributed by atoms with Crippen LogP contribution in [-0.4, -0.2) is 120 Å². The molecule has 0 aromatic rings. The minimum atomic E-state index is -3.57. The number of methoxy groups -OCH3 is 3. The molecule has 0 unspecified atom stereocenters. The number of rotatable bonds is 20. The van der Waals surface area contributed by atoms with Crippen molar-refractivity contribution in [1.82, 2.24) is 31.3 Å². The van der Waals surface area contributed by atoms with E-state index in [-0.39, 0.29) is 54.9 Å². The highest BCUT2D eigenvalue weighted by Crippen LogP contribution is 2.06. The van der Waals surface area contributed by atoms with E-state index < -0.39 is 40.1 Å². The smallest absolute Gasteiger partial charge is 0.328 e. The van der Waals surface area contributed by atoms with Gasteiger partial charge in [-0.1, -0.05) is 75.2 Å². The van der Waals surface area contributed by atoms with E-state index in [2.05, 4.69) is 54.6 Å². The van der Waals surface area contributed by atoms with Crippen molar-refractivity contribution in [2.24, 2.45) is 11.8 Å². The third kappa shape index (κ3) is 49.7. The van der Waals surface area contributed by atoms with Crippen LogP contribution >= 0.6 is 0 Å². The summed E-state index contributed by atoms with van der Waals surface area (Å²) in [6, 6.07) is -1.96. The molecule has 63 heavy (non-hydrogen) atoms. The monoisotopic (exact) mass is 929 g/mol. The average molecular weight is 929 g/mol. The van der Waals surface area contributed by atoms with Crippen LogP contribution in [-0.2, 0) is 67.4 Å². The third-order valence-corrected chi connectivity index (χ3v) is 7.86. The fourth-order valence-electron chi connectivity index (χ4n) is 5.09. The van der Waals surface area contributed by atoms with E-state index in [1.54, 1.807) is 6.92 Å². The number of amides is 6. The van der Waals surface area contributed by atoms with Crippen LogP contribution < -0.4 is 31.3 Å². The van der Waals surface area contributed by atoms with E-state index in [1.165, 1.54) is 49.0 Å². The van der Waals surface area contributed by atoms with E-state index in [4.69, 9.17) is 0 Å². The zero-order valence-corrected chi connectivity index (χ0v) is 41.1. The molecule has 372 valence electrons. The van der Waals surface area contributed by atoms with E-state index >= 15 is 0 Å². The number of carbonyl (C=O) groups is 9. The lowest BCUT2D eigenvalue weighted by molar-refractivity contribution is -0.145. The molecule has 20 nitrogen and oxygen atoms in total. The van der Waals surface area contributed by atoms with Gasteiger partial charge in [-0.25, -0.2) is 22.8 Å². The quantitative estimate of drug-likeness (QED) is 0.0756. The molecule has 0 aromatic carbocycles. The van der Waals surface area contributed by atoms with Gasteiger partial charge < -0.3 is 40.8 Å². The van der Waals surface area contributed by atoms with E-state index in [9.17, 15) is 51.6 Å². The lowest BCUT2D eigenvalue weighted by Crippen LogP contribution is -2.47. The summed E-state index contributed by atoms with van der Waals surface area (Å²) in [6.07, 6.45) is 6.52. The molecule has 0 spiro atoms. The summed E-state index contributed by atoms with van der Waals surface area (Å²) >= 11 is 0. The lowest BCUT2D eigenvalue weighted by Gasteiger charge is -2.16. The number of carbonyl (C=O) groups excluding carboxylic acids is 9. The topological polar surface area (TPSA) is 288 Å². The fraction of sp³-hybridized carbons (Fsp3) is 0.786. The summed E-state index contributed by atoms with van der Waals surface area (Å²) in [6.45, 7) is 23.0. The Morgan fingerprint density at radius 1 is 0.460 bits per heavy atom. The number of esters is 3. The molecule has 6 N–H and O–H groups in total. The number of hydrogen-bond acceptors (Lipinski definition) is 14. The molecule has 0 heterocycles. The Labute approximate surface area is 378 Å². The second kappa shape index (κ2) is 41.2. The van der Waals surface area contributed by atoms with Crippen molar-refractivity contribution >= 4 is 63.4 Å². The number of hydrogen-bond donors (Lipinski definition) is 6. The average Bonchev–Trinajstić information content (AvgIpc) is 3.11. The Morgan fingerprint density at radius 2 is 0.730 bits per heavy atom. The number of nitrogens with one attached hydrogen (secondary N) is 6. The second-order valence-electron chi connectivity index (χ2n) is 15.0. The summed E-state index contributed by atoms with van der Waals surface area (Å²) in [5.74, 6) is -1.78. The van der Waals surface area contributed by atoms with Gasteiger partial charge in [0.25, 0.3) is 5.91 Å². The molecule has 0 bridgehead atoms. The highest BCUT2D eigenvalue weighted by atomic mass is 32.2. The van der Waals surface area contributed by atoms with Crippen molar-refractivity contribution in [1.29, 1.82) is 0 Å². The van der Waals surface area contributed by atoms with Crippen molar-refractivity contribution < 1.29 is 65.8 Å². The Balaban J connectivity index is -0.000000161. The van der Waals surface area contributed by atoms with Gasteiger partial charge in [0.2, 0.25) is 39.6 Å². The summed E-state index contributed by atoms with van der Waals surface area (Å²) in [4.78, 5) is 97.8. The van der Waals surface area contributed by atoms with Crippen LogP contribution in [0.15, 0.2) is 0 Å².